The lowest BCUT2D eigenvalue weighted by Gasteiger charge is -2.33. The summed E-state index contributed by atoms with van der Waals surface area (Å²) in [7, 11) is -2.66. The Morgan fingerprint density at radius 2 is 1.39 bits per heavy atom. The van der Waals surface area contributed by atoms with Crippen LogP contribution in [0.15, 0.2) is 114 Å². The lowest BCUT2D eigenvalue weighted by molar-refractivity contribution is -0.139. The van der Waals surface area contributed by atoms with Crippen LogP contribution in [0.2, 0.25) is 0 Å². The van der Waals surface area contributed by atoms with E-state index >= 15 is 0 Å². The molecule has 0 aromatic heterocycles. The average Bonchev–Trinajstić information content (AvgIpc) is 2.99. The SMILES string of the molecule is CNC(=O)[C@H](Cc1ccccc1)N(Cc1ccc(F)cc1)C(=O)CN(c1ccc(C)cc1)S(=O)(=O)c1ccccc1. The number of nitrogens with zero attached hydrogens (tertiary/aromatic N) is 2. The van der Waals surface area contributed by atoms with Crippen LogP contribution >= 0.6 is 0 Å². The van der Waals surface area contributed by atoms with Crippen molar-refractivity contribution in [1.29, 1.82) is 0 Å². The minimum Gasteiger partial charge on any atom is -0.357 e. The molecule has 0 saturated heterocycles. The highest BCUT2D eigenvalue weighted by Gasteiger charge is 2.34. The van der Waals surface area contributed by atoms with Gasteiger partial charge in [0.2, 0.25) is 11.8 Å². The minimum atomic E-state index is -4.15. The van der Waals surface area contributed by atoms with Crippen LogP contribution in [0.25, 0.3) is 0 Å². The molecule has 0 heterocycles. The van der Waals surface area contributed by atoms with Crippen LogP contribution in [0, 0.1) is 12.7 Å². The topological polar surface area (TPSA) is 86.8 Å². The molecule has 0 aliphatic heterocycles. The maximum atomic E-state index is 14.2. The van der Waals surface area contributed by atoms with E-state index in [1.165, 1.54) is 48.3 Å². The summed E-state index contributed by atoms with van der Waals surface area (Å²) in [6.45, 7) is 1.30. The standard InChI is InChI=1S/C32H32FN3O4S/c1-24-13-19-28(20-14-24)36(41(39,40)29-11-7-4-8-12-29)23-31(37)35(22-26-15-17-27(33)18-16-26)30(32(38)34-2)21-25-9-5-3-6-10-25/h3-20,30H,21-23H2,1-2H3,(H,34,38)/t30-/m0/s1. The third-order valence-corrected chi connectivity index (χ3v) is 8.50. The maximum Gasteiger partial charge on any atom is 0.264 e. The number of hydrogen-bond donors (Lipinski definition) is 1. The zero-order chi connectivity index (χ0) is 29.4. The fourth-order valence-electron chi connectivity index (χ4n) is 4.47. The molecular formula is C32H32FN3O4S. The van der Waals surface area contributed by atoms with Crippen molar-refractivity contribution in [3.8, 4) is 0 Å². The van der Waals surface area contributed by atoms with Gasteiger partial charge >= 0.3 is 0 Å². The Morgan fingerprint density at radius 1 is 0.805 bits per heavy atom. The fraction of sp³-hybridized carbons (Fsp3) is 0.188. The van der Waals surface area contributed by atoms with Gasteiger partial charge in [-0.2, -0.15) is 0 Å². The van der Waals surface area contributed by atoms with Crippen LogP contribution < -0.4 is 9.62 Å². The van der Waals surface area contributed by atoms with Gasteiger partial charge in [-0.1, -0.05) is 78.4 Å². The van der Waals surface area contributed by atoms with E-state index < -0.39 is 40.2 Å². The number of benzene rings is 4. The molecule has 4 rings (SSSR count). The summed E-state index contributed by atoms with van der Waals surface area (Å²) in [4.78, 5) is 28.8. The first-order valence-corrected chi connectivity index (χ1v) is 14.6. The van der Waals surface area contributed by atoms with Crippen LogP contribution in [-0.4, -0.2) is 44.8 Å². The molecule has 2 amide bonds. The third kappa shape index (κ3) is 7.37. The van der Waals surface area contributed by atoms with E-state index in [1.54, 1.807) is 42.5 Å². The fourth-order valence-corrected chi connectivity index (χ4v) is 5.90. The highest BCUT2D eigenvalue weighted by Crippen LogP contribution is 2.25. The quantitative estimate of drug-likeness (QED) is 0.282. The van der Waals surface area contributed by atoms with Gasteiger partial charge < -0.3 is 10.2 Å². The monoisotopic (exact) mass is 573 g/mol. The van der Waals surface area contributed by atoms with Gasteiger partial charge in [0.1, 0.15) is 18.4 Å². The first-order valence-electron chi connectivity index (χ1n) is 13.1. The molecule has 0 spiro atoms. The molecule has 4 aromatic carbocycles. The normalized spacial score (nSPS) is 11.9. The lowest BCUT2D eigenvalue weighted by atomic mass is 10.0. The van der Waals surface area contributed by atoms with Gasteiger partial charge in [-0.05, 0) is 54.4 Å². The van der Waals surface area contributed by atoms with Gasteiger partial charge in [0.05, 0.1) is 10.6 Å². The molecule has 212 valence electrons. The predicted molar refractivity (Wildman–Crippen MR) is 157 cm³/mol. The lowest BCUT2D eigenvalue weighted by Crippen LogP contribution is -2.53. The Kier molecular flexibility index (Phi) is 9.52. The second kappa shape index (κ2) is 13.2. The second-order valence-corrected chi connectivity index (χ2v) is 11.5. The number of amides is 2. The molecule has 4 aromatic rings. The zero-order valence-electron chi connectivity index (χ0n) is 22.9. The van der Waals surface area contributed by atoms with E-state index in [0.29, 0.717) is 11.3 Å². The minimum absolute atomic E-state index is 0.0306. The van der Waals surface area contributed by atoms with E-state index in [0.717, 1.165) is 15.4 Å². The van der Waals surface area contributed by atoms with Gasteiger partial charge in [-0.15, -0.1) is 0 Å². The first kappa shape index (κ1) is 29.5. The number of halogens is 1. The van der Waals surface area contributed by atoms with Crippen molar-refractivity contribution in [2.75, 3.05) is 17.9 Å². The molecule has 0 aliphatic carbocycles. The summed E-state index contributed by atoms with van der Waals surface area (Å²) in [5.41, 5.74) is 2.66. The summed E-state index contributed by atoms with van der Waals surface area (Å²) in [5.74, 6) is -1.42. The van der Waals surface area contributed by atoms with E-state index in [9.17, 15) is 22.4 Å². The number of aryl methyl sites for hydroxylation is 1. The van der Waals surface area contributed by atoms with Crippen LogP contribution in [0.5, 0.6) is 0 Å². The number of nitrogens with one attached hydrogen (secondary N) is 1. The molecule has 1 atom stereocenters. The van der Waals surface area contributed by atoms with E-state index in [2.05, 4.69) is 5.32 Å². The van der Waals surface area contributed by atoms with Crippen molar-refractivity contribution < 1.29 is 22.4 Å². The van der Waals surface area contributed by atoms with Crippen LogP contribution in [0.4, 0.5) is 10.1 Å². The van der Waals surface area contributed by atoms with Gasteiger partial charge in [0.15, 0.2) is 0 Å². The van der Waals surface area contributed by atoms with Crippen molar-refractivity contribution >= 4 is 27.5 Å². The number of sulfonamides is 1. The van der Waals surface area contributed by atoms with Crippen molar-refractivity contribution in [3.05, 3.63) is 132 Å². The summed E-state index contributed by atoms with van der Waals surface area (Å²) in [6, 6.07) is 28.6. The molecule has 0 aliphatic rings. The molecule has 0 bridgehead atoms. The maximum absolute atomic E-state index is 14.2. The Hall–Kier alpha value is -4.50. The molecule has 0 saturated carbocycles. The van der Waals surface area contributed by atoms with Crippen molar-refractivity contribution in [2.45, 2.75) is 30.8 Å². The van der Waals surface area contributed by atoms with Crippen LogP contribution in [0.3, 0.4) is 0 Å². The highest BCUT2D eigenvalue weighted by atomic mass is 32.2. The molecule has 0 fully saturated rings. The summed E-state index contributed by atoms with van der Waals surface area (Å²) >= 11 is 0. The van der Waals surface area contributed by atoms with Gasteiger partial charge in [-0.25, -0.2) is 12.8 Å². The van der Waals surface area contributed by atoms with Crippen molar-refractivity contribution in [3.63, 3.8) is 0 Å². The Labute approximate surface area is 240 Å². The summed E-state index contributed by atoms with van der Waals surface area (Å²) in [6.07, 6.45) is 0.198. The van der Waals surface area contributed by atoms with Gasteiger partial charge in [0, 0.05) is 20.0 Å². The summed E-state index contributed by atoms with van der Waals surface area (Å²) in [5, 5.41) is 2.64. The molecule has 1 N–H and O–H groups in total. The predicted octanol–water partition coefficient (Wildman–Crippen LogP) is 4.72. The Balaban J connectivity index is 1.77. The van der Waals surface area contributed by atoms with Crippen molar-refractivity contribution in [2.24, 2.45) is 0 Å². The Bertz CT molecular complexity index is 1560. The first-order chi connectivity index (χ1) is 19.7. The number of carbonyl (C=O) groups is 2. The molecule has 0 radical (unpaired) electrons. The largest absolute Gasteiger partial charge is 0.357 e. The molecular weight excluding hydrogens is 541 g/mol. The van der Waals surface area contributed by atoms with Crippen molar-refractivity contribution in [1.82, 2.24) is 10.2 Å². The summed E-state index contributed by atoms with van der Waals surface area (Å²) < 4.78 is 42.4. The third-order valence-electron chi connectivity index (χ3n) is 6.72. The smallest absolute Gasteiger partial charge is 0.264 e. The molecule has 0 unspecified atom stereocenters. The van der Waals surface area contributed by atoms with E-state index in [1.807, 2.05) is 37.3 Å². The van der Waals surface area contributed by atoms with Gasteiger partial charge in [0.25, 0.3) is 10.0 Å². The Morgan fingerprint density at radius 3 is 1.98 bits per heavy atom. The molecule has 41 heavy (non-hydrogen) atoms. The highest BCUT2D eigenvalue weighted by molar-refractivity contribution is 7.92. The number of anilines is 1. The number of hydrogen-bond acceptors (Lipinski definition) is 4. The number of likely N-dealkylation sites (N-methyl/N-ethyl adjacent to an activating group) is 1. The zero-order valence-corrected chi connectivity index (χ0v) is 23.7. The van der Waals surface area contributed by atoms with Crippen LogP contribution in [-0.2, 0) is 32.6 Å². The van der Waals surface area contributed by atoms with Gasteiger partial charge in [-0.3, -0.25) is 13.9 Å². The molecule has 7 nitrogen and oxygen atoms in total. The number of carbonyl (C=O) groups excluding carboxylic acids is 2. The van der Waals surface area contributed by atoms with E-state index in [4.69, 9.17) is 0 Å². The number of rotatable bonds is 11. The van der Waals surface area contributed by atoms with E-state index in [-0.39, 0.29) is 17.9 Å². The van der Waals surface area contributed by atoms with Crippen LogP contribution in [0.1, 0.15) is 16.7 Å². The molecule has 9 heteroatoms. The second-order valence-electron chi connectivity index (χ2n) is 9.63. The average molecular weight is 574 g/mol.